The average molecular weight is 346 g/mol. The van der Waals surface area contributed by atoms with Crippen LogP contribution in [0, 0.1) is 0 Å². The van der Waals surface area contributed by atoms with Crippen LogP contribution in [0.15, 0.2) is 34.9 Å². The number of benzene rings is 1. The maximum Gasteiger partial charge on any atom is 0.315 e. The summed E-state index contributed by atoms with van der Waals surface area (Å²) in [7, 11) is 0. The second-order valence-corrected chi connectivity index (χ2v) is 6.42. The molecule has 2 amide bonds. The summed E-state index contributed by atoms with van der Waals surface area (Å²) in [6, 6.07) is 9.14. The van der Waals surface area contributed by atoms with Gasteiger partial charge in [-0.1, -0.05) is 42.4 Å². The molecule has 0 fully saturated rings. The molecular weight excluding hydrogens is 320 g/mol. The molecule has 0 aliphatic carbocycles. The van der Waals surface area contributed by atoms with Crippen molar-refractivity contribution in [2.75, 3.05) is 6.61 Å². The van der Waals surface area contributed by atoms with Crippen molar-refractivity contribution in [2.45, 2.75) is 51.6 Å². The molecule has 25 heavy (non-hydrogen) atoms. The number of hydrogen-bond donors (Lipinski definition) is 3. The van der Waals surface area contributed by atoms with E-state index in [4.69, 9.17) is 9.63 Å². The van der Waals surface area contributed by atoms with Crippen LogP contribution in [0.1, 0.15) is 56.9 Å². The van der Waals surface area contributed by atoms with Crippen molar-refractivity contribution in [3.63, 3.8) is 0 Å². The molecule has 7 heteroatoms. The Labute approximate surface area is 147 Å². The number of amides is 2. The monoisotopic (exact) mass is 346 g/mol. The standard InChI is InChI=1S/C18H26N4O3/c1-4-18(3,10-11-23)21-17(24)19-13(2)16-20-15(25-22-16)12-14-8-6-5-7-9-14/h5-9,13,23H,4,10-12H2,1-3H3,(H2,19,21,24). The summed E-state index contributed by atoms with van der Waals surface area (Å²) in [6.45, 7) is 5.69. The van der Waals surface area contributed by atoms with Gasteiger partial charge in [-0.25, -0.2) is 4.79 Å². The molecule has 0 aliphatic heterocycles. The maximum atomic E-state index is 12.2. The molecular formula is C18H26N4O3. The first kappa shape index (κ1) is 18.9. The minimum atomic E-state index is -0.450. The Morgan fingerprint density at radius 1 is 1.36 bits per heavy atom. The van der Waals surface area contributed by atoms with E-state index in [0.29, 0.717) is 24.6 Å². The number of aromatic nitrogens is 2. The van der Waals surface area contributed by atoms with Gasteiger partial charge in [0.1, 0.15) is 0 Å². The molecule has 0 aliphatic rings. The van der Waals surface area contributed by atoms with Crippen LogP contribution in [0.25, 0.3) is 0 Å². The lowest BCUT2D eigenvalue weighted by Gasteiger charge is -2.29. The van der Waals surface area contributed by atoms with Crippen molar-refractivity contribution in [1.29, 1.82) is 0 Å². The molecule has 2 aromatic rings. The molecule has 1 aromatic carbocycles. The summed E-state index contributed by atoms with van der Waals surface area (Å²) in [6.07, 6.45) is 1.77. The molecule has 0 saturated heterocycles. The molecule has 0 saturated carbocycles. The lowest BCUT2D eigenvalue weighted by molar-refractivity contribution is 0.198. The van der Waals surface area contributed by atoms with Crippen molar-refractivity contribution in [2.24, 2.45) is 0 Å². The summed E-state index contributed by atoms with van der Waals surface area (Å²) < 4.78 is 5.27. The lowest BCUT2D eigenvalue weighted by Crippen LogP contribution is -2.50. The number of urea groups is 1. The van der Waals surface area contributed by atoms with Gasteiger partial charge in [-0.3, -0.25) is 0 Å². The third-order valence-corrected chi connectivity index (χ3v) is 4.28. The molecule has 7 nitrogen and oxygen atoms in total. The highest BCUT2D eigenvalue weighted by Gasteiger charge is 2.25. The molecule has 0 bridgehead atoms. The predicted octanol–water partition coefficient (Wildman–Crippen LogP) is 2.57. The van der Waals surface area contributed by atoms with Gasteiger partial charge < -0.3 is 20.3 Å². The molecule has 136 valence electrons. The van der Waals surface area contributed by atoms with E-state index in [1.165, 1.54) is 0 Å². The highest BCUT2D eigenvalue weighted by Crippen LogP contribution is 2.15. The van der Waals surface area contributed by atoms with E-state index in [1.807, 2.05) is 44.2 Å². The van der Waals surface area contributed by atoms with E-state index in [0.717, 1.165) is 12.0 Å². The normalized spacial score (nSPS) is 14.6. The largest absolute Gasteiger partial charge is 0.396 e. The van der Waals surface area contributed by atoms with E-state index in [-0.39, 0.29) is 18.7 Å². The predicted molar refractivity (Wildman–Crippen MR) is 94.0 cm³/mol. The molecule has 2 rings (SSSR count). The van der Waals surface area contributed by atoms with Gasteiger partial charge in [0.25, 0.3) is 0 Å². The lowest BCUT2D eigenvalue weighted by atomic mass is 9.95. The highest BCUT2D eigenvalue weighted by atomic mass is 16.5. The van der Waals surface area contributed by atoms with E-state index in [9.17, 15) is 4.79 Å². The van der Waals surface area contributed by atoms with Gasteiger partial charge in [0.05, 0.1) is 12.5 Å². The first-order valence-corrected chi connectivity index (χ1v) is 8.51. The highest BCUT2D eigenvalue weighted by molar-refractivity contribution is 5.75. The fourth-order valence-corrected chi connectivity index (χ4v) is 2.43. The smallest absolute Gasteiger partial charge is 0.315 e. The van der Waals surface area contributed by atoms with E-state index < -0.39 is 5.54 Å². The van der Waals surface area contributed by atoms with E-state index in [1.54, 1.807) is 6.92 Å². The van der Waals surface area contributed by atoms with Gasteiger partial charge in [0, 0.05) is 12.1 Å². The number of rotatable bonds is 8. The third-order valence-electron chi connectivity index (χ3n) is 4.28. The van der Waals surface area contributed by atoms with Crippen LogP contribution in [0.3, 0.4) is 0 Å². The van der Waals surface area contributed by atoms with Crippen LogP contribution in [-0.4, -0.2) is 33.4 Å². The van der Waals surface area contributed by atoms with Gasteiger partial charge in [-0.2, -0.15) is 4.98 Å². The van der Waals surface area contributed by atoms with Crippen molar-refractivity contribution in [3.05, 3.63) is 47.6 Å². The van der Waals surface area contributed by atoms with Gasteiger partial charge in [0.15, 0.2) is 5.82 Å². The van der Waals surface area contributed by atoms with Gasteiger partial charge >= 0.3 is 6.03 Å². The molecule has 1 aromatic heterocycles. The number of carbonyl (C=O) groups excluding carboxylic acids is 1. The third kappa shape index (κ3) is 5.56. The fourth-order valence-electron chi connectivity index (χ4n) is 2.43. The Morgan fingerprint density at radius 2 is 2.08 bits per heavy atom. The Bertz CT molecular complexity index is 674. The number of carbonyl (C=O) groups is 1. The minimum absolute atomic E-state index is 0.0217. The maximum absolute atomic E-state index is 12.2. The first-order chi connectivity index (χ1) is 12.0. The van der Waals surface area contributed by atoms with Gasteiger partial charge in [-0.15, -0.1) is 0 Å². The second kappa shape index (κ2) is 8.62. The Hall–Kier alpha value is -2.41. The van der Waals surface area contributed by atoms with Crippen LogP contribution in [0.2, 0.25) is 0 Å². The quantitative estimate of drug-likeness (QED) is 0.682. The van der Waals surface area contributed by atoms with E-state index >= 15 is 0 Å². The van der Waals surface area contributed by atoms with Crippen molar-refractivity contribution < 1.29 is 14.4 Å². The Kier molecular flexibility index (Phi) is 6.52. The van der Waals surface area contributed by atoms with Crippen LogP contribution in [0.4, 0.5) is 4.79 Å². The zero-order valence-electron chi connectivity index (χ0n) is 15.0. The molecule has 1 heterocycles. The molecule has 0 radical (unpaired) electrons. The molecule has 3 N–H and O–H groups in total. The summed E-state index contributed by atoms with van der Waals surface area (Å²) in [5.74, 6) is 0.940. The van der Waals surface area contributed by atoms with Gasteiger partial charge in [0.2, 0.25) is 5.89 Å². The zero-order valence-corrected chi connectivity index (χ0v) is 15.0. The topological polar surface area (TPSA) is 100 Å². The Morgan fingerprint density at radius 3 is 2.72 bits per heavy atom. The summed E-state index contributed by atoms with van der Waals surface area (Å²) in [5, 5.41) is 18.8. The van der Waals surface area contributed by atoms with Crippen LogP contribution < -0.4 is 10.6 Å². The zero-order chi connectivity index (χ0) is 18.3. The van der Waals surface area contributed by atoms with E-state index in [2.05, 4.69) is 20.8 Å². The fraction of sp³-hybridized carbons (Fsp3) is 0.500. The number of nitrogens with zero attached hydrogens (tertiary/aromatic N) is 2. The first-order valence-electron chi connectivity index (χ1n) is 8.51. The minimum Gasteiger partial charge on any atom is -0.396 e. The molecule has 2 atom stereocenters. The molecule has 2 unspecified atom stereocenters. The Balaban J connectivity index is 1.92. The average Bonchev–Trinajstić information content (AvgIpc) is 3.04. The number of aliphatic hydroxyl groups excluding tert-OH is 1. The number of nitrogens with one attached hydrogen (secondary N) is 2. The number of hydrogen-bond acceptors (Lipinski definition) is 5. The molecule has 0 spiro atoms. The summed E-state index contributed by atoms with van der Waals surface area (Å²) >= 11 is 0. The summed E-state index contributed by atoms with van der Waals surface area (Å²) in [4.78, 5) is 16.5. The van der Waals surface area contributed by atoms with Gasteiger partial charge in [-0.05, 0) is 32.3 Å². The van der Waals surface area contributed by atoms with Crippen LogP contribution >= 0.6 is 0 Å². The second-order valence-electron chi connectivity index (χ2n) is 6.42. The SMILES string of the molecule is CCC(C)(CCO)NC(=O)NC(C)c1noc(Cc2ccccc2)n1. The summed E-state index contributed by atoms with van der Waals surface area (Å²) in [5.41, 5.74) is 0.632. The number of aliphatic hydroxyl groups is 1. The van der Waals surface area contributed by atoms with Crippen molar-refractivity contribution in [1.82, 2.24) is 20.8 Å². The van der Waals surface area contributed by atoms with Crippen LogP contribution in [0.5, 0.6) is 0 Å². The van der Waals surface area contributed by atoms with Crippen molar-refractivity contribution >= 4 is 6.03 Å². The van der Waals surface area contributed by atoms with Crippen LogP contribution in [-0.2, 0) is 6.42 Å². The van der Waals surface area contributed by atoms with Crippen molar-refractivity contribution in [3.8, 4) is 0 Å².